The summed E-state index contributed by atoms with van der Waals surface area (Å²) in [5, 5.41) is 11.9. The van der Waals surface area contributed by atoms with E-state index in [0.29, 0.717) is 19.4 Å². The molecule has 0 aromatic heterocycles. The zero-order chi connectivity index (χ0) is 15.2. The number of carbonyl (C=O) groups is 3. The van der Waals surface area contributed by atoms with Gasteiger partial charge in [-0.2, -0.15) is 0 Å². The van der Waals surface area contributed by atoms with Crippen LogP contribution in [0.25, 0.3) is 0 Å². The Kier molecular flexibility index (Phi) is 5.79. The van der Waals surface area contributed by atoms with E-state index < -0.39 is 23.4 Å². The van der Waals surface area contributed by atoms with E-state index in [9.17, 15) is 19.5 Å². The molecule has 0 radical (unpaired) electrons. The number of urea groups is 1. The highest BCUT2D eigenvalue weighted by Crippen LogP contribution is 2.30. The Labute approximate surface area is 118 Å². The maximum absolute atomic E-state index is 12.2. The number of nitrogens with two attached hydrogens (primary N) is 1. The average molecular weight is 285 g/mol. The first-order valence-electron chi connectivity index (χ1n) is 7.00. The minimum atomic E-state index is -1.20. The van der Waals surface area contributed by atoms with Crippen LogP contribution in [-0.4, -0.2) is 46.5 Å². The fraction of sp³-hybridized carbons (Fsp3) is 0.769. The van der Waals surface area contributed by atoms with Gasteiger partial charge in [-0.05, 0) is 19.3 Å². The van der Waals surface area contributed by atoms with Crippen LogP contribution in [0.15, 0.2) is 0 Å². The predicted molar refractivity (Wildman–Crippen MR) is 73.0 cm³/mol. The summed E-state index contributed by atoms with van der Waals surface area (Å²) in [6.45, 7) is 2.17. The molecule has 1 aliphatic carbocycles. The number of carboxylic acids is 1. The number of aliphatic carboxylic acids is 1. The van der Waals surface area contributed by atoms with E-state index in [2.05, 4.69) is 5.32 Å². The van der Waals surface area contributed by atoms with Crippen molar-refractivity contribution in [1.82, 2.24) is 10.2 Å². The molecule has 1 aliphatic rings. The fourth-order valence-corrected chi connectivity index (χ4v) is 2.44. The third kappa shape index (κ3) is 4.11. The highest BCUT2D eigenvalue weighted by atomic mass is 16.4. The molecular weight excluding hydrogens is 262 g/mol. The molecule has 0 bridgehead atoms. The van der Waals surface area contributed by atoms with Crippen LogP contribution in [0.5, 0.6) is 0 Å². The quantitative estimate of drug-likeness (QED) is 0.638. The third-order valence-electron chi connectivity index (χ3n) is 3.63. The summed E-state index contributed by atoms with van der Waals surface area (Å²) >= 11 is 0. The number of amides is 3. The first kappa shape index (κ1) is 16.3. The Morgan fingerprint density at radius 3 is 2.35 bits per heavy atom. The summed E-state index contributed by atoms with van der Waals surface area (Å²) in [5.41, 5.74) is 3.93. The summed E-state index contributed by atoms with van der Waals surface area (Å²) in [4.78, 5) is 35.9. The standard InChI is InChI=1S/C13H23N3O4/c1-2-3-8-16(9-10(14)17)12(20)15-13(11(18)19)6-4-5-7-13/h2-9H2,1H3,(H2,14,17)(H,15,20)(H,18,19). The average Bonchev–Trinajstić information content (AvgIpc) is 2.83. The predicted octanol–water partition coefficient (Wildman–Crippen LogP) is 0.681. The van der Waals surface area contributed by atoms with Gasteiger partial charge in [0.25, 0.3) is 0 Å². The molecule has 0 spiro atoms. The number of hydrogen-bond donors (Lipinski definition) is 3. The van der Waals surface area contributed by atoms with E-state index in [0.717, 1.165) is 25.7 Å². The number of hydrogen-bond acceptors (Lipinski definition) is 3. The summed E-state index contributed by atoms with van der Waals surface area (Å²) in [7, 11) is 0. The van der Waals surface area contributed by atoms with Crippen molar-refractivity contribution < 1.29 is 19.5 Å². The molecule has 0 heterocycles. The smallest absolute Gasteiger partial charge is 0.329 e. The van der Waals surface area contributed by atoms with Crippen LogP contribution < -0.4 is 11.1 Å². The van der Waals surface area contributed by atoms with E-state index in [-0.39, 0.29) is 6.54 Å². The molecule has 1 fully saturated rings. The summed E-state index contributed by atoms with van der Waals surface area (Å²) in [6, 6.07) is -0.526. The van der Waals surface area contributed by atoms with Crippen LogP contribution in [0.1, 0.15) is 45.4 Å². The van der Waals surface area contributed by atoms with Gasteiger partial charge in [0.15, 0.2) is 0 Å². The molecule has 0 aromatic carbocycles. The molecule has 7 heteroatoms. The number of primary amides is 1. The number of nitrogens with zero attached hydrogens (tertiary/aromatic N) is 1. The van der Waals surface area contributed by atoms with E-state index in [1.807, 2.05) is 6.92 Å². The van der Waals surface area contributed by atoms with Gasteiger partial charge in [0.2, 0.25) is 5.91 Å². The highest BCUT2D eigenvalue weighted by molar-refractivity contribution is 5.88. The Morgan fingerprint density at radius 2 is 1.90 bits per heavy atom. The number of nitrogens with one attached hydrogen (secondary N) is 1. The van der Waals surface area contributed by atoms with E-state index in [4.69, 9.17) is 5.73 Å². The van der Waals surface area contributed by atoms with Crippen LogP contribution in [-0.2, 0) is 9.59 Å². The van der Waals surface area contributed by atoms with Crippen molar-refractivity contribution in [3.8, 4) is 0 Å². The zero-order valence-electron chi connectivity index (χ0n) is 11.9. The van der Waals surface area contributed by atoms with Crippen molar-refractivity contribution in [3.05, 3.63) is 0 Å². The van der Waals surface area contributed by atoms with E-state index in [1.54, 1.807) is 0 Å². The van der Waals surface area contributed by atoms with Crippen molar-refractivity contribution in [2.75, 3.05) is 13.1 Å². The second kappa shape index (κ2) is 7.12. The lowest BCUT2D eigenvalue weighted by Crippen LogP contribution is -2.57. The maximum atomic E-state index is 12.2. The minimum Gasteiger partial charge on any atom is -0.480 e. The Morgan fingerprint density at radius 1 is 1.30 bits per heavy atom. The molecule has 0 aliphatic heterocycles. The van der Waals surface area contributed by atoms with Crippen molar-refractivity contribution in [3.63, 3.8) is 0 Å². The summed E-state index contributed by atoms with van der Waals surface area (Å²) in [5.74, 6) is -1.62. The normalized spacial score (nSPS) is 16.6. The maximum Gasteiger partial charge on any atom is 0.329 e. The van der Waals surface area contributed by atoms with Gasteiger partial charge < -0.3 is 21.1 Å². The zero-order valence-corrected chi connectivity index (χ0v) is 11.9. The largest absolute Gasteiger partial charge is 0.480 e. The molecule has 7 nitrogen and oxygen atoms in total. The molecule has 0 atom stereocenters. The van der Waals surface area contributed by atoms with Crippen LogP contribution in [0.3, 0.4) is 0 Å². The first-order chi connectivity index (χ1) is 9.41. The Balaban J connectivity index is 2.72. The molecule has 4 N–H and O–H groups in total. The number of rotatable bonds is 7. The first-order valence-corrected chi connectivity index (χ1v) is 7.00. The summed E-state index contributed by atoms with van der Waals surface area (Å²) < 4.78 is 0. The topological polar surface area (TPSA) is 113 Å². The monoisotopic (exact) mass is 285 g/mol. The third-order valence-corrected chi connectivity index (χ3v) is 3.63. The molecule has 1 rings (SSSR count). The lowest BCUT2D eigenvalue weighted by atomic mass is 9.98. The van der Waals surface area contributed by atoms with Gasteiger partial charge in [-0.1, -0.05) is 26.2 Å². The van der Waals surface area contributed by atoms with E-state index >= 15 is 0 Å². The fourth-order valence-electron chi connectivity index (χ4n) is 2.44. The van der Waals surface area contributed by atoms with Gasteiger partial charge in [-0.25, -0.2) is 9.59 Å². The number of unbranched alkanes of at least 4 members (excludes halogenated alkanes) is 1. The van der Waals surface area contributed by atoms with E-state index in [1.165, 1.54) is 4.90 Å². The van der Waals surface area contributed by atoms with Gasteiger partial charge in [0.1, 0.15) is 12.1 Å². The minimum absolute atomic E-state index is 0.193. The lowest BCUT2D eigenvalue weighted by Gasteiger charge is -2.30. The van der Waals surface area contributed by atoms with Crippen molar-refractivity contribution in [1.29, 1.82) is 0 Å². The summed E-state index contributed by atoms with van der Waals surface area (Å²) in [6.07, 6.45) is 4.00. The van der Waals surface area contributed by atoms with Crippen LogP contribution in [0, 0.1) is 0 Å². The molecule has 0 unspecified atom stereocenters. The number of carbonyl (C=O) groups excluding carboxylic acids is 2. The SMILES string of the molecule is CCCCN(CC(N)=O)C(=O)NC1(C(=O)O)CCCC1. The molecule has 114 valence electrons. The lowest BCUT2D eigenvalue weighted by molar-refractivity contribution is -0.144. The Bertz CT molecular complexity index is 378. The number of carboxylic acid groups (broad SMARTS) is 1. The van der Waals surface area contributed by atoms with Gasteiger partial charge in [-0.15, -0.1) is 0 Å². The van der Waals surface area contributed by atoms with Crippen LogP contribution in [0.4, 0.5) is 4.79 Å². The van der Waals surface area contributed by atoms with Crippen molar-refractivity contribution in [2.45, 2.75) is 51.0 Å². The van der Waals surface area contributed by atoms with Crippen LogP contribution >= 0.6 is 0 Å². The van der Waals surface area contributed by atoms with Gasteiger partial charge in [0, 0.05) is 6.54 Å². The molecule has 1 saturated carbocycles. The van der Waals surface area contributed by atoms with Crippen LogP contribution in [0.2, 0.25) is 0 Å². The van der Waals surface area contributed by atoms with Crippen molar-refractivity contribution >= 4 is 17.9 Å². The second-order valence-electron chi connectivity index (χ2n) is 5.27. The van der Waals surface area contributed by atoms with Crippen molar-refractivity contribution in [2.24, 2.45) is 5.73 Å². The van der Waals surface area contributed by atoms with Gasteiger partial charge >= 0.3 is 12.0 Å². The molecular formula is C13H23N3O4. The van der Waals surface area contributed by atoms with Gasteiger partial charge in [0.05, 0.1) is 0 Å². The molecule has 0 saturated heterocycles. The molecule has 3 amide bonds. The van der Waals surface area contributed by atoms with Gasteiger partial charge in [-0.3, -0.25) is 4.79 Å². The highest BCUT2D eigenvalue weighted by Gasteiger charge is 2.43. The Hall–Kier alpha value is -1.79. The molecule has 0 aromatic rings. The second-order valence-corrected chi connectivity index (χ2v) is 5.27. The molecule has 20 heavy (non-hydrogen) atoms.